The van der Waals surface area contributed by atoms with Gasteiger partial charge >= 0.3 is 0 Å². The normalized spacial score (nSPS) is 11.3. The van der Waals surface area contributed by atoms with E-state index in [1.807, 2.05) is 66.7 Å². The first-order chi connectivity index (χ1) is 13.3. The van der Waals surface area contributed by atoms with Crippen LogP contribution in [0.25, 0.3) is 22.0 Å². The van der Waals surface area contributed by atoms with Gasteiger partial charge < -0.3 is 5.73 Å². The number of hydrogen-bond donors (Lipinski definition) is 1. The van der Waals surface area contributed by atoms with Crippen molar-refractivity contribution in [2.75, 3.05) is 5.73 Å². The van der Waals surface area contributed by atoms with Crippen molar-refractivity contribution in [1.82, 2.24) is 4.98 Å². The number of benzene rings is 3. The van der Waals surface area contributed by atoms with Crippen molar-refractivity contribution < 1.29 is 0 Å². The fourth-order valence-corrected chi connectivity index (χ4v) is 3.94. The summed E-state index contributed by atoms with van der Waals surface area (Å²) >= 11 is 1.59. The molecule has 0 spiro atoms. The number of anilines is 1. The molecule has 0 amide bonds. The fraction of sp³-hybridized carbons (Fsp3) is 0. The van der Waals surface area contributed by atoms with Crippen LogP contribution in [0.3, 0.4) is 0 Å². The molecule has 2 N–H and O–H groups in total. The van der Waals surface area contributed by atoms with E-state index in [0.717, 1.165) is 26.9 Å². The lowest BCUT2D eigenvalue weighted by Crippen LogP contribution is -1.89. The molecule has 1 aromatic heterocycles. The zero-order valence-electron chi connectivity index (χ0n) is 14.4. The number of nitrogen functional groups attached to an aromatic ring is 1. The summed E-state index contributed by atoms with van der Waals surface area (Å²) in [6.07, 6.45) is 1.72. The van der Waals surface area contributed by atoms with Crippen molar-refractivity contribution in [3.05, 3.63) is 79.0 Å². The van der Waals surface area contributed by atoms with Gasteiger partial charge in [0.25, 0.3) is 0 Å². The Morgan fingerprint density at radius 2 is 1.59 bits per heavy atom. The van der Waals surface area contributed by atoms with Crippen LogP contribution < -0.4 is 5.73 Å². The summed E-state index contributed by atoms with van der Waals surface area (Å²) in [4.78, 5) is 5.57. The number of rotatable bonds is 4. The Kier molecular flexibility index (Phi) is 5.14. The summed E-state index contributed by atoms with van der Waals surface area (Å²) in [6.45, 7) is 0. The molecule has 6 heteroatoms. The van der Waals surface area contributed by atoms with E-state index in [1.54, 1.807) is 17.6 Å². The summed E-state index contributed by atoms with van der Waals surface area (Å²) in [6, 6.07) is 23.9. The SMILES string of the molecule is Nc1c(N=Nc2ccc(-c3ccccc3)nc2)cc(SP)c2ccccc12. The van der Waals surface area contributed by atoms with Crippen molar-refractivity contribution in [2.45, 2.75) is 4.90 Å². The van der Waals surface area contributed by atoms with Crippen LogP contribution in [0.15, 0.2) is 94.1 Å². The largest absolute Gasteiger partial charge is 0.396 e. The fourth-order valence-electron chi connectivity index (χ4n) is 2.87. The summed E-state index contributed by atoms with van der Waals surface area (Å²) in [5.74, 6) is 0. The molecule has 1 unspecified atom stereocenters. The third kappa shape index (κ3) is 3.70. The molecular formula is C21H17N4PS. The van der Waals surface area contributed by atoms with E-state index in [0.29, 0.717) is 17.1 Å². The Bertz CT molecular complexity index is 1110. The second-order valence-corrected chi connectivity index (χ2v) is 7.32. The highest BCUT2D eigenvalue weighted by Crippen LogP contribution is 2.40. The summed E-state index contributed by atoms with van der Waals surface area (Å²) in [5.41, 5.74) is 10.3. The molecule has 0 aliphatic heterocycles. The molecule has 27 heavy (non-hydrogen) atoms. The first-order valence-electron chi connectivity index (χ1n) is 8.37. The quantitative estimate of drug-likeness (QED) is 0.238. The maximum atomic E-state index is 6.32. The predicted octanol–water partition coefficient (Wildman–Crippen LogP) is 6.78. The van der Waals surface area contributed by atoms with Gasteiger partial charge in [0.15, 0.2) is 0 Å². The zero-order chi connectivity index (χ0) is 18.6. The van der Waals surface area contributed by atoms with Crippen LogP contribution in [0.1, 0.15) is 0 Å². The number of azo groups is 1. The third-order valence-corrected chi connectivity index (χ3v) is 5.60. The number of nitrogens with two attached hydrogens (primary N) is 1. The number of nitrogens with zero attached hydrogens (tertiary/aromatic N) is 3. The molecule has 4 rings (SSSR count). The molecule has 4 nitrogen and oxygen atoms in total. The molecule has 0 aliphatic rings. The highest BCUT2D eigenvalue weighted by Gasteiger charge is 2.09. The molecule has 4 aromatic rings. The minimum Gasteiger partial charge on any atom is -0.396 e. The van der Waals surface area contributed by atoms with E-state index < -0.39 is 0 Å². The monoisotopic (exact) mass is 388 g/mol. The second-order valence-electron chi connectivity index (χ2n) is 5.94. The Balaban J connectivity index is 1.66. The Hall–Kier alpha value is -2.75. The van der Waals surface area contributed by atoms with Crippen LogP contribution in [0.4, 0.5) is 17.1 Å². The topological polar surface area (TPSA) is 63.6 Å². The van der Waals surface area contributed by atoms with Crippen molar-refractivity contribution in [2.24, 2.45) is 10.2 Å². The minimum atomic E-state index is 0.631. The molecule has 1 heterocycles. The van der Waals surface area contributed by atoms with Gasteiger partial charge in [0.2, 0.25) is 0 Å². The number of aromatic nitrogens is 1. The van der Waals surface area contributed by atoms with E-state index in [1.165, 1.54) is 0 Å². The minimum absolute atomic E-state index is 0.631. The van der Waals surface area contributed by atoms with Gasteiger partial charge in [-0.2, -0.15) is 0 Å². The number of fused-ring (bicyclic) bond motifs is 1. The van der Waals surface area contributed by atoms with Crippen molar-refractivity contribution in [3.8, 4) is 11.3 Å². The van der Waals surface area contributed by atoms with Crippen molar-refractivity contribution >= 4 is 47.7 Å². The van der Waals surface area contributed by atoms with Crippen molar-refractivity contribution in [3.63, 3.8) is 0 Å². The van der Waals surface area contributed by atoms with E-state index in [9.17, 15) is 0 Å². The highest BCUT2D eigenvalue weighted by molar-refractivity contribution is 8.44. The van der Waals surface area contributed by atoms with Crippen LogP contribution in [0.5, 0.6) is 0 Å². The molecular weight excluding hydrogens is 371 g/mol. The first kappa shape index (κ1) is 17.7. The highest BCUT2D eigenvalue weighted by atomic mass is 32.7. The van der Waals surface area contributed by atoms with E-state index in [2.05, 4.69) is 29.7 Å². The maximum Gasteiger partial charge on any atom is 0.110 e. The standard InChI is InChI=1S/C21H17N4PS/c22-21-17-9-5-4-8-16(17)20(27-26)12-19(21)25-24-15-10-11-18(23-13-15)14-6-2-1-3-7-14/h1-13H,22,26H2. The first-order valence-corrected chi connectivity index (χ1v) is 10.7. The lowest BCUT2D eigenvalue weighted by molar-refractivity contribution is 1.20. The van der Waals surface area contributed by atoms with Crippen LogP contribution in [-0.4, -0.2) is 4.98 Å². The van der Waals surface area contributed by atoms with Gasteiger partial charge in [0, 0.05) is 15.8 Å². The number of pyridine rings is 1. The maximum absolute atomic E-state index is 6.32. The van der Waals surface area contributed by atoms with Gasteiger partial charge in [-0.3, -0.25) is 4.98 Å². The second kappa shape index (κ2) is 7.87. The summed E-state index contributed by atoms with van der Waals surface area (Å²) in [7, 11) is 2.67. The van der Waals surface area contributed by atoms with Gasteiger partial charge in [-0.1, -0.05) is 63.0 Å². The molecule has 0 bridgehead atoms. The van der Waals surface area contributed by atoms with Gasteiger partial charge in [0.1, 0.15) is 11.4 Å². The van der Waals surface area contributed by atoms with Gasteiger partial charge in [-0.05, 0) is 23.6 Å². The average molecular weight is 388 g/mol. The molecule has 0 aliphatic carbocycles. The molecule has 0 saturated heterocycles. The lowest BCUT2D eigenvalue weighted by atomic mass is 10.1. The van der Waals surface area contributed by atoms with Crippen LogP contribution >= 0.6 is 19.8 Å². The van der Waals surface area contributed by atoms with Crippen molar-refractivity contribution in [1.29, 1.82) is 0 Å². The molecule has 0 fully saturated rings. The van der Waals surface area contributed by atoms with Gasteiger partial charge in [0.05, 0.1) is 17.6 Å². The predicted molar refractivity (Wildman–Crippen MR) is 118 cm³/mol. The van der Waals surface area contributed by atoms with Crippen LogP contribution in [-0.2, 0) is 0 Å². The Labute approximate surface area is 163 Å². The van der Waals surface area contributed by atoms with E-state index in [4.69, 9.17) is 5.73 Å². The Morgan fingerprint density at radius 3 is 2.30 bits per heavy atom. The van der Waals surface area contributed by atoms with E-state index >= 15 is 0 Å². The van der Waals surface area contributed by atoms with Gasteiger partial charge in [-0.25, -0.2) is 0 Å². The molecule has 1 atom stereocenters. The summed E-state index contributed by atoms with van der Waals surface area (Å²) < 4.78 is 0. The summed E-state index contributed by atoms with van der Waals surface area (Å²) in [5, 5.41) is 10.8. The van der Waals surface area contributed by atoms with Gasteiger partial charge in [-0.15, -0.1) is 21.6 Å². The zero-order valence-corrected chi connectivity index (χ0v) is 16.4. The average Bonchev–Trinajstić information content (AvgIpc) is 2.74. The van der Waals surface area contributed by atoms with Crippen LogP contribution in [0, 0.1) is 0 Å². The lowest BCUT2D eigenvalue weighted by Gasteiger charge is -2.09. The molecule has 0 radical (unpaired) electrons. The third-order valence-electron chi connectivity index (χ3n) is 4.24. The molecule has 132 valence electrons. The molecule has 3 aromatic carbocycles. The van der Waals surface area contributed by atoms with Crippen LogP contribution in [0.2, 0.25) is 0 Å². The number of hydrogen-bond acceptors (Lipinski definition) is 5. The van der Waals surface area contributed by atoms with E-state index in [-0.39, 0.29) is 0 Å². The smallest absolute Gasteiger partial charge is 0.110 e. The Morgan fingerprint density at radius 1 is 0.852 bits per heavy atom. The molecule has 0 saturated carbocycles.